The van der Waals surface area contributed by atoms with E-state index in [-0.39, 0.29) is 6.61 Å². The van der Waals surface area contributed by atoms with Gasteiger partial charge in [-0.2, -0.15) is 0 Å². The van der Waals surface area contributed by atoms with Crippen LogP contribution in [0.5, 0.6) is 0 Å². The fraction of sp³-hybridized carbons (Fsp3) is 0.636. The molecule has 1 aromatic heterocycles. The third-order valence-electron chi connectivity index (χ3n) is 2.39. The number of rotatable bonds is 6. The molecule has 1 N–H and O–H groups in total. The summed E-state index contributed by atoms with van der Waals surface area (Å²) in [6.07, 6.45) is 3.27. The Labute approximate surface area is 101 Å². The van der Waals surface area contributed by atoms with E-state index in [1.807, 2.05) is 11.8 Å². The Morgan fingerprint density at radius 3 is 2.62 bits per heavy atom. The van der Waals surface area contributed by atoms with E-state index in [0.717, 1.165) is 30.8 Å². The molecule has 0 aromatic carbocycles. The van der Waals surface area contributed by atoms with E-state index in [9.17, 15) is 0 Å². The molecule has 0 atom stereocenters. The molecule has 0 aliphatic carbocycles. The number of aliphatic hydroxyl groups excluding tert-OH is 1. The predicted octanol–water partition coefficient (Wildman–Crippen LogP) is 1.90. The van der Waals surface area contributed by atoms with Gasteiger partial charge in [0.1, 0.15) is 17.3 Å². The molecule has 90 valence electrons. The lowest BCUT2D eigenvalue weighted by atomic mass is 10.2. The topological polar surface area (TPSA) is 49.2 Å². The maximum absolute atomic E-state index is 9.04. The first kappa shape index (κ1) is 13.2. The van der Waals surface area contributed by atoms with Crippen LogP contribution in [0, 0.1) is 0 Å². The predicted molar refractivity (Wildman–Crippen MR) is 66.0 cm³/mol. The molecule has 0 radical (unpaired) electrons. The molecule has 1 aromatic rings. The average Bonchev–Trinajstić information content (AvgIpc) is 2.28. The van der Waals surface area contributed by atoms with Crippen molar-refractivity contribution in [1.29, 1.82) is 0 Å². The molecule has 5 heteroatoms. The molecule has 16 heavy (non-hydrogen) atoms. The molecule has 4 nitrogen and oxygen atoms in total. The van der Waals surface area contributed by atoms with Crippen molar-refractivity contribution < 1.29 is 5.11 Å². The van der Waals surface area contributed by atoms with E-state index in [1.165, 1.54) is 6.33 Å². The van der Waals surface area contributed by atoms with Crippen LogP contribution in [0.3, 0.4) is 0 Å². The van der Waals surface area contributed by atoms with Gasteiger partial charge in [-0.15, -0.1) is 0 Å². The Kier molecular flexibility index (Phi) is 5.49. The van der Waals surface area contributed by atoms with Crippen LogP contribution in [0.1, 0.15) is 25.8 Å². The molecule has 0 fully saturated rings. The number of aromatic nitrogens is 2. The largest absolute Gasteiger partial charge is 0.395 e. The quantitative estimate of drug-likeness (QED) is 0.776. The smallest absolute Gasteiger partial charge is 0.137 e. The molecule has 0 spiro atoms. The van der Waals surface area contributed by atoms with Gasteiger partial charge in [0.05, 0.1) is 6.61 Å². The van der Waals surface area contributed by atoms with Crippen LogP contribution in [-0.2, 0) is 6.42 Å². The zero-order chi connectivity index (χ0) is 12.0. The summed E-state index contributed by atoms with van der Waals surface area (Å²) in [7, 11) is 0. The highest BCUT2D eigenvalue weighted by molar-refractivity contribution is 6.30. The lowest BCUT2D eigenvalue weighted by Gasteiger charge is -2.24. The fourth-order valence-corrected chi connectivity index (χ4v) is 1.93. The molecule has 0 aliphatic rings. The summed E-state index contributed by atoms with van der Waals surface area (Å²) in [4.78, 5) is 10.3. The summed E-state index contributed by atoms with van der Waals surface area (Å²) in [5, 5.41) is 9.55. The molecular formula is C11H18ClN3O. The normalized spacial score (nSPS) is 10.5. The van der Waals surface area contributed by atoms with Crippen molar-refractivity contribution in [3.8, 4) is 0 Å². The van der Waals surface area contributed by atoms with Gasteiger partial charge in [-0.25, -0.2) is 9.97 Å². The summed E-state index contributed by atoms with van der Waals surface area (Å²) >= 11 is 6.03. The first-order valence-corrected chi connectivity index (χ1v) is 5.97. The van der Waals surface area contributed by atoms with Crippen LogP contribution in [0.4, 0.5) is 5.82 Å². The summed E-state index contributed by atoms with van der Waals surface area (Å²) in [6.45, 7) is 5.68. The molecule has 0 aliphatic heterocycles. The van der Waals surface area contributed by atoms with Gasteiger partial charge < -0.3 is 10.0 Å². The molecular weight excluding hydrogens is 226 g/mol. The van der Waals surface area contributed by atoms with Gasteiger partial charge in [-0.1, -0.05) is 25.4 Å². The Balaban J connectivity index is 3.02. The van der Waals surface area contributed by atoms with Crippen molar-refractivity contribution in [2.45, 2.75) is 26.7 Å². The van der Waals surface area contributed by atoms with Crippen LogP contribution in [-0.4, -0.2) is 34.8 Å². The third kappa shape index (κ3) is 3.06. The van der Waals surface area contributed by atoms with Crippen molar-refractivity contribution in [2.75, 3.05) is 24.6 Å². The highest BCUT2D eigenvalue weighted by Crippen LogP contribution is 2.23. The minimum atomic E-state index is 0.116. The van der Waals surface area contributed by atoms with Gasteiger partial charge in [0, 0.05) is 18.7 Å². The van der Waals surface area contributed by atoms with Gasteiger partial charge in [0.25, 0.3) is 0 Å². The van der Waals surface area contributed by atoms with Crippen molar-refractivity contribution in [2.24, 2.45) is 0 Å². The van der Waals surface area contributed by atoms with E-state index in [1.54, 1.807) is 0 Å². The molecule has 0 amide bonds. The summed E-state index contributed by atoms with van der Waals surface area (Å²) < 4.78 is 0. The summed E-state index contributed by atoms with van der Waals surface area (Å²) in [6, 6.07) is 0. The number of halogens is 1. The Hall–Kier alpha value is -0.870. The van der Waals surface area contributed by atoms with Crippen LogP contribution in [0.2, 0.25) is 5.15 Å². The van der Waals surface area contributed by atoms with Crippen molar-refractivity contribution in [3.63, 3.8) is 0 Å². The summed E-state index contributed by atoms with van der Waals surface area (Å²) in [5.41, 5.74) is 0.950. The van der Waals surface area contributed by atoms with E-state index in [2.05, 4.69) is 16.9 Å². The molecule has 1 rings (SSSR count). The maximum atomic E-state index is 9.04. The summed E-state index contributed by atoms with van der Waals surface area (Å²) in [5.74, 6) is 0.846. The second-order valence-corrected chi connectivity index (χ2v) is 3.89. The minimum Gasteiger partial charge on any atom is -0.395 e. The number of anilines is 1. The zero-order valence-electron chi connectivity index (χ0n) is 9.78. The second-order valence-electron chi connectivity index (χ2n) is 3.53. The lowest BCUT2D eigenvalue weighted by Crippen LogP contribution is -2.29. The standard InChI is InChI=1S/C11H18ClN3O/c1-3-5-15(6-7-16)11-9(4-2)10(12)13-8-14-11/h8,16H,3-7H2,1-2H3. The SMILES string of the molecule is CCCN(CCO)c1ncnc(Cl)c1CC. The van der Waals surface area contributed by atoms with Crippen LogP contribution in [0.15, 0.2) is 6.33 Å². The van der Waals surface area contributed by atoms with Crippen molar-refractivity contribution in [3.05, 3.63) is 17.0 Å². The Bertz CT molecular complexity index is 327. The minimum absolute atomic E-state index is 0.116. The average molecular weight is 244 g/mol. The van der Waals surface area contributed by atoms with Gasteiger partial charge >= 0.3 is 0 Å². The van der Waals surface area contributed by atoms with Crippen molar-refractivity contribution >= 4 is 17.4 Å². The highest BCUT2D eigenvalue weighted by atomic mass is 35.5. The zero-order valence-corrected chi connectivity index (χ0v) is 10.5. The molecule has 0 saturated heterocycles. The van der Waals surface area contributed by atoms with Gasteiger partial charge in [0.15, 0.2) is 0 Å². The van der Waals surface area contributed by atoms with Crippen molar-refractivity contribution in [1.82, 2.24) is 9.97 Å². The fourth-order valence-electron chi connectivity index (χ4n) is 1.67. The van der Waals surface area contributed by atoms with Gasteiger partial charge in [-0.05, 0) is 12.8 Å². The molecule has 0 unspecified atom stereocenters. The molecule has 1 heterocycles. The maximum Gasteiger partial charge on any atom is 0.137 e. The number of hydrogen-bond donors (Lipinski definition) is 1. The van der Waals surface area contributed by atoms with Crippen LogP contribution in [0.25, 0.3) is 0 Å². The van der Waals surface area contributed by atoms with E-state index >= 15 is 0 Å². The number of nitrogens with zero attached hydrogens (tertiary/aromatic N) is 3. The second kappa shape index (κ2) is 6.66. The molecule has 0 saturated carbocycles. The first-order valence-electron chi connectivity index (χ1n) is 5.59. The van der Waals surface area contributed by atoms with Crippen LogP contribution < -0.4 is 4.90 Å². The Morgan fingerprint density at radius 2 is 2.06 bits per heavy atom. The van der Waals surface area contributed by atoms with E-state index in [0.29, 0.717) is 11.7 Å². The van der Waals surface area contributed by atoms with E-state index < -0.39 is 0 Å². The van der Waals surface area contributed by atoms with Gasteiger partial charge in [-0.3, -0.25) is 0 Å². The van der Waals surface area contributed by atoms with Crippen LogP contribution >= 0.6 is 11.6 Å². The number of hydrogen-bond acceptors (Lipinski definition) is 4. The third-order valence-corrected chi connectivity index (χ3v) is 2.71. The van der Waals surface area contributed by atoms with E-state index in [4.69, 9.17) is 16.7 Å². The highest BCUT2D eigenvalue weighted by Gasteiger charge is 2.13. The molecule has 0 bridgehead atoms. The first-order chi connectivity index (χ1) is 7.74. The van der Waals surface area contributed by atoms with Gasteiger partial charge in [0.2, 0.25) is 0 Å². The lowest BCUT2D eigenvalue weighted by molar-refractivity contribution is 0.301. The monoisotopic (exact) mass is 243 g/mol. The Morgan fingerprint density at radius 1 is 1.31 bits per heavy atom. The number of aliphatic hydroxyl groups is 1.